The maximum absolute atomic E-state index is 12.9. The van der Waals surface area contributed by atoms with Crippen molar-refractivity contribution < 1.29 is 9.53 Å². The molecule has 0 bridgehead atoms. The number of carbonyl (C=O) groups excluding carboxylic acids is 1. The largest absolute Gasteiger partial charge is 0.381 e. The summed E-state index contributed by atoms with van der Waals surface area (Å²) >= 11 is 0. The van der Waals surface area contributed by atoms with Gasteiger partial charge in [0.25, 0.3) is 0 Å². The predicted octanol–water partition coefficient (Wildman–Crippen LogP) is 1.13. The van der Waals surface area contributed by atoms with Gasteiger partial charge < -0.3 is 14.5 Å². The molecule has 0 N–H and O–H groups in total. The molecule has 0 radical (unpaired) electrons. The van der Waals surface area contributed by atoms with Gasteiger partial charge in [0.1, 0.15) is 0 Å². The molecular weight excluding hydrogens is 292 g/mol. The second kappa shape index (κ2) is 6.24. The number of likely N-dealkylation sites (tertiary alicyclic amines) is 1. The first-order valence-corrected chi connectivity index (χ1v) is 8.81. The Bertz CT molecular complexity index is 567. The molecule has 0 saturated carbocycles. The molecule has 1 aromatic heterocycles. The molecule has 4 heterocycles. The van der Waals surface area contributed by atoms with Gasteiger partial charge in [-0.1, -0.05) is 0 Å². The third-order valence-corrected chi connectivity index (χ3v) is 5.68. The number of hydrogen-bond acceptors (Lipinski definition) is 4. The quantitative estimate of drug-likeness (QED) is 0.838. The summed E-state index contributed by atoms with van der Waals surface area (Å²) in [5.41, 5.74) is 0.943. The molecule has 0 aromatic carbocycles. The molecule has 3 fully saturated rings. The Morgan fingerprint density at radius 3 is 2.83 bits per heavy atom. The van der Waals surface area contributed by atoms with Gasteiger partial charge in [0.05, 0.1) is 17.8 Å². The van der Waals surface area contributed by atoms with Crippen LogP contribution in [0, 0.1) is 17.8 Å². The van der Waals surface area contributed by atoms with E-state index in [-0.39, 0.29) is 5.92 Å². The highest BCUT2D eigenvalue weighted by Crippen LogP contribution is 2.35. The van der Waals surface area contributed by atoms with Crippen molar-refractivity contribution in [3.05, 3.63) is 12.4 Å². The molecule has 3 saturated heterocycles. The van der Waals surface area contributed by atoms with Crippen molar-refractivity contribution >= 4 is 11.6 Å². The lowest BCUT2D eigenvalue weighted by atomic mass is 9.88. The number of ether oxygens (including phenoxy) is 1. The fourth-order valence-corrected chi connectivity index (χ4v) is 4.39. The summed E-state index contributed by atoms with van der Waals surface area (Å²) in [5, 5.41) is 4.20. The van der Waals surface area contributed by atoms with Gasteiger partial charge in [0.2, 0.25) is 5.91 Å². The van der Waals surface area contributed by atoms with Crippen LogP contribution in [-0.2, 0) is 16.6 Å². The Morgan fingerprint density at radius 1 is 1.26 bits per heavy atom. The number of aromatic nitrogens is 2. The Hall–Kier alpha value is -1.40. The number of piperidine rings is 1. The van der Waals surface area contributed by atoms with Crippen molar-refractivity contribution in [1.29, 1.82) is 0 Å². The molecule has 1 amide bonds. The first-order valence-electron chi connectivity index (χ1n) is 8.81. The van der Waals surface area contributed by atoms with Gasteiger partial charge in [-0.25, -0.2) is 0 Å². The molecule has 23 heavy (non-hydrogen) atoms. The van der Waals surface area contributed by atoms with Crippen LogP contribution in [0.25, 0.3) is 0 Å². The first kappa shape index (κ1) is 15.1. The fraction of sp³-hybridized carbons (Fsp3) is 0.765. The number of aryl methyl sites for hydroxylation is 1. The van der Waals surface area contributed by atoms with Gasteiger partial charge in [0.15, 0.2) is 0 Å². The van der Waals surface area contributed by atoms with E-state index in [9.17, 15) is 4.79 Å². The van der Waals surface area contributed by atoms with E-state index in [0.29, 0.717) is 11.8 Å². The van der Waals surface area contributed by atoms with E-state index in [4.69, 9.17) is 4.74 Å². The first-order chi connectivity index (χ1) is 11.2. The van der Waals surface area contributed by atoms with Gasteiger partial charge in [-0.3, -0.25) is 9.48 Å². The lowest BCUT2D eigenvalue weighted by Crippen LogP contribution is -2.45. The Labute approximate surface area is 137 Å². The summed E-state index contributed by atoms with van der Waals surface area (Å²) in [6.45, 7) is 5.79. The second-order valence-electron chi connectivity index (χ2n) is 7.29. The number of carbonyl (C=O) groups is 1. The molecule has 3 aliphatic rings. The van der Waals surface area contributed by atoms with Crippen molar-refractivity contribution in [2.45, 2.75) is 19.3 Å². The van der Waals surface area contributed by atoms with E-state index in [0.717, 1.165) is 57.4 Å². The lowest BCUT2D eigenvalue weighted by Gasteiger charge is -2.32. The zero-order valence-corrected chi connectivity index (χ0v) is 13.9. The van der Waals surface area contributed by atoms with Crippen molar-refractivity contribution in [2.24, 2.45) is 24.8 Å². The maximum atomic E-state index is 12.9. The molecule has 4 rings (SSSR count). The second-order valence-corrected chi connectivity index (χ2v) is 7.29. The number of rotatable bonds is 3. The number of amides is 1. The van der Waals surface area contributed by atoms with Crippen molar-refractivity contribution in [1.82, 2.24) is 14.7 Å². The van der Waals surface area contributed by atoms with Crippen LogP contribution in [0.15, 0.2) is 12.4 Å². The van der Waals surface area contributed by atoms with Gasteiger partial charge in [-0.15, -0.1) is 0 Å². The molecule has 3 aliphatic heterocycles. The van der Waals surface area contributed by atoms with Crippen LogP contribution >= 0.6 is 0 Å². The van der Waals surface area contributed by atoms with Gasteiger partial charge in [0, 0.05) is 52.6 Å². The van der Waals surface area contributed by atoms with E-state index >= 15 is 0 Å². The molecule has 1 aromatic rings. The van der Waals surface area contributed by atoms with Gasteiger partial charge >= 0.3 is 0 Å². The Kier molecular flexibility index (Phi) is 4.11. The van der Waals surface area contributed by atoms with Crippen LogP contribution in [0.3, 0.4) is 0 Å². The number of fused-ring (bicyclic) bond motifs is 1. The number of nitrogens with zero attached hydrogens (tertiary/aromatic N) is 4. The SMILES string of the molecule is Cn1cc(N2CC[C@H]3CN(CC4CCOCC4)C[C@@H]3C2=O)cn1. The minimum Gasteiger partial charge on any atom is -0.381 e. The third-order valence-electron chi connectivity index (χ3n) is 5.68. The predicted molar refractivity (Wildman–Crippen MR) is 87.1 cm³/mol. The lowest BCUT2D eigenvalue weighted by molar-refractivity contribution is -0.124. The smallest absolute Gasteiger partial charge is 0.231 e. The van der Waals surface area contributed by atoms with Crippen molar-refractivity contribution in [2.75, 3.05) is 44.3 Å². The zero-order valence-electron chi connectivity index (χ0n) is 13.9. The van der Waals surface area contributed by atoms with Gasteiger partial charge in [-0.2, -0.15) is 5.10 Å². The Balaban J connectivity index is 1.40. The van der Waals surface area contributed by atoms with E-state index in [1.54, 1.807) is 10.9 Å². The van der Waals surface area contributed by atoms with E-state index in [1.165, 1.54) is 12.8 Å². The van der Waals surface area contributed by atoms with Gasteiger partial charge in [-0.05, 0) is 31.1 Å². The van der Waals surface area contributed by atoms with Crippen LogP contribution in [0.4, 0.5) is 5.69 Å². The summed E-state index contributed by atoms with van der Waals surface area (Å²) in [6.07, 6.45) is 7.18. The minimum atomic E-state index is 0.170. The minimum absolute atomic E-state index is 0.170. The van der Waals surface area contributed by atoms with Crippen LogP contribution in [0.1, 0.15) is 19.3 Å². The van der Waals surface area contributed by atoms with Crippen molar-refractivity contribution in [3.63, 3.8) is 0 Å². The fourth-order valence-electron chi connectivity index (χ4n) is 4.39. The summed E-state index contributed by atoms with van der Waals surface area (Å²) in [7, 11) is 1.89. The van der Waals surface area contributed by atoms with E-state index in [2.05, 4.69) is 10.00 Å². The van der Waals surface area contributed by atoms with Crippen molar-refractivity contribution in [3.8, 4) is 0 Å². The standard InChI is InChI=1S/C17H26N4O2/c1-19-11-15(8-18-19)21-5-2-14-10-20(12-16(14)17(21)22)9-13-3-6-23-7-4-13/h8,11,13-14,16H,2-7,9-10,12H2,1H3/t14-,16-/m0/s1. The summed E-state index contributed by atoms with van der Waals surface area (Å²) in [4.78, 5) is 17.4. The van der Waals surface area contributed by atoms with Crippen LogP contribution in [0.2, 0.25) is 0 Å². The number of hydrogen-bond donors (Lipinski definition) is 0. The highest BCUT2D eigenvalue weighted by Gasteiger charge is 2.43. The highest BCUT2D eigenvalue weighted by molar-refractivity contribution is 5.96. The molecule has 0 aliphatic carbocycles. The van der Waals surface area contributed by atoms with Crippen LogP contribution in [0.5, 0.6) is 0 Å². The monoisotopic (exact) mass is 318 g/mol. The third kappa shape index (κ3) is 3.02. The number of anilines is 1. The summed E-state index contributed by atoms with van der Waals surface area (Å²) in [5.74, 6) is 1.75. The molecule has 126 valence electrons. The summed E-state index contributed by atoms with van der Waals surface area (Å²) < 4.78 is 7.22. The molecule has 0 unspecified atom stereocenters. The average Bonchev–Trinajstić information content (AvgIpc) is 3.15. The van der Waals surface area contributed by atoms with E-state index in [1.807, 2.05) is 18.1 Å². The van der Waals surface area contributed by atoms with Crippen LogP contribution in [-0.4, -0.2) is 60.0 Å². The topological polar surface area (TPSA) is 50.6 Å². The molecule has 6 nitrogen and oxygen atoms in total. The molecule has 0 spiro atoms. The molecule has 2 atom stereocenters. The normalized spacial score (nSPS) is 30.0. The zero-order chi connectivity index (χ0) is 15.8. The molecule has 6 heteroatoms. The highest BCUT2D eigenvalue weighted by atomic mass is 16.5. The maximum Gasteiger partial charge on any atom is 0.231 e. The summed E-state index contributed by atoms with van der Waals surface area (Å²) in [6, 6.07) is 0. The molecular formula is C17H26N4O2. The Morgan fingerprint density at radius 2 is 2.09 bits per heavy atom. The average molecular weight is 318 g/mol. The van der Waals surface area contributed by atoms with E-state index < -0.39 is 0 Å². The van der Waals surface area contributed by atoms with Crippen LogP contribution < -0.4 is 4.90 Å².